The molecular formula is C32H31N3O4S. The molecule has 2 amide bonds. The maximum Gasteiger partial charge on any atom is 0.261 e. The van der Waals surface area contributed by atoms with E-state index in [1.54, 1.807) is 18.2 Å². The Bertz CT molecular complexity index is 1710. The van der Waals surface area contributed by atoms with E-state index in [1.807, 2.05) is 0 Å². The van der Waals surface area contributed by atoms with E-state index in [0.717, 1.165) is 19.3 Å². The van der Waals surface area contributed by atoms with Crippen LogP contribution in [0.3, 0.4) is 0 Å². The largest absolute Gasteiger partial charge is 0.274 e. The average Bonchev–Trinajstić information content (AvgIpc) is 2.96. The van der Waals surface area contributed by atoms with Gasteiger partial charge in [0.2, 0.25) is 5.69 Å². The molecule has 0 saturated heterocycles. The lowest BCUT2D eigenvalue weighted by molar-refractivity contribution is 0.0607. The summed E-state index contributed by atoms with van der Waals surface area (Å²) >= 11 is 0. The number of hydrogen-bond donors (Lipinski definition) is 0. The lowest BCUT2D eigenvalue weighted by atomic mass is 9.85. The zero-order valence-electron chi connectivity index (χ0n) is 22.6. The number of nitriles is 1. The van der Waals surface area contributed by atoms with Crippen LogP contribution in [0.2, 0.25) is 0 Å². The van der Waals surface area contributed by atoms with Crippen LogP contribution in [0.1, 0.15) is 97.4 Å². The van der Waals surface area contributed by atoms with Crippen molar-refractivity contribution in [3.8, 4) is 17.2 Å². The van der Waals surface area contributed by atoms with Crippen molar-refractivity contribution >= 4 is 38.1 Å². The van der Waals surface area contributed by atoms with Gasteiger partial charge in [0.15, 0.2) is 9.84 Å². The average molecular weight is 554 g/mol. The molecule has 3 aromatic carbocycles. The van der Waals surface area contributed by atoms with Crippen molar-refractivity contribution < 1.29 is 18.0 Å². The number of benzene rings is 3. The van der Waals surface area contributed by atoms with Crippen molar-refractivity contribution in [2.24, 2.45) is 0 Å². The zero-order valence-corrected chi connectivity index (χ0v) is 23.4. The number of nitrogens with zero attached hydrogens (tertiary/aromatic N) is 3. The minimum absolute atomic E-state index is 0.00278. The molecule has 0 aromatic heterocycles. The van der Waals surface area contributed by atoms with Crippen LogP contribution in [0.25, 0.3) is 26.7 Å². The third-order valence-corrected chi connectivity index (χ3v) is 9.87. The highest BCUT2D eigenvalue weighted by Crippen LogP contribution is 2.52. The van der Waals surface area contributed by atoms with Crippen molar-refractivity contribution in [1.82, 2.24) is 4.90 Å². The van der Waals surface area contributed by atoms with Gasteiger partial charge in [0.05, 0.1) is 28.0 Å². The molecule has 2 aliphatic heterocycles. The van der Waals surface area contributed by atoms with Gasteiger partial charge >= 0.3 is 0 Å². The Balaban J connectivity index is 1.48. The second kappa shape index (κ2) is 11.2. The van der Waals surface area contributed by atoms with Crippen molar-refractivity contribution in [2.45, 2.75) is 80.9 Å². The van der Waals surface area contributed by atoms with Gasteiger partial charge in [0, 0.05) is 39.6 Å². The number of fused-ring (bicyclic) bond motifs is 2. The topological polar surface area (TPSA) is 99.7 Å². The fourth-order valence-corrected chi connectivity index (χ4v) is 7.80. The Hall–Kier alpha value is -4.01. The summed E-state index contributed by atoms with van der Waals surface area (Å²) in [7, 11) is -4.13. The first-order valence-corrected chi connectivity index (χ1v) is 15.5. The summed E-state index contributed by atoms with van der Waals surface area (Å²) in [6.45, 7) is 10.2. The molecule has 7 nitrogen and oxygen atoms in total. The summed E-state index contributed by atoms with van der Waals surface area (Å²) in [5, 5.41) is 10.4. The Kier molecular flexibility index (Phi) is 7.74. The summed E-state index contributed by atoms with van der Waals surface area (Å²) in [6, 6.07) is 11.2. The third kappa shape index (κ3) is 4.47. The van der Waals surface area contributed by atoms with Crippen LogP contribution in [0.4, 0.5) is 5.69 Å². The number of unbranched alkanes of at least 4 members (excludes halogenated alkanes) is 9. The van der Waals surface area contributed by atoms with Crippen molar-refractivity contribution in [3.05, 3.63) is 64.5 Å². The first-order valence-electron chi connectivity index (χ1n) is 14.0. The van der Waals surface area contributed by atoms with Crippen molar-refractivity contribution in [3.63, 3.8) is 0 Å². The van der Waals surface area contributed by atoms with Gasteiger partial charge in [-0.1, -0.05) is 82.9 Å². The van der Waals surface area contributed by atoms with Crippen LogP contribution in [0.15, 0.2) is 46.2 Å². The number of amides is 2. The molecule has 2 aliphatic rings. The molecule has 5 rings (SSSR count). The van der Waals surface area contributed by atoms with Crippen molar-refractivity contribution in [1.29, 1.82) is 5.26 Å². The van der Waals surface area contributed by atoms with E-state index in [2.05, 4.69) is 17.8 Å². The number of carbonyl (C=O) groups is 2. The molecule has 204 valence electrons. The summed E-state index contributed by atoms with van der Waals surface area (Å²) in [5.41, 5.74) is 0.897. The smallest absolute Gasteiger partial charge is 0.261 e. The van der Waals surface area contributed by atoms with Gasteiger partial charge in [-0.15, -0.1) is 0 Å². The van der Waals surface area contributed by atoms with Crippen LogP contribution in [-0.2, 0) is 9.84 Å². The lowest BCUT2D eigenvalue weighted by Crippen LogP contribution is -2.41. The van der Waals surface area contributed by atoms with Gasteiger partial charge in [0.1, 0.15) is 0 Å². The summed E-state index contributed by atoms with van der Waals surface area (Å²) in [4.78, 5) is 31.7. The minimum Gasteiger partial charge on any atom is -0.274 e. The molecule has 40 heavy (non-hydrogen) atoms. The normalized spacial score (nSPS) is 14.6. The zero-order chi connectivity index (χ0) is 28.4. The number of hydrogen-bond acceptors (Lipinski definition) is 5. The van der Waals surface area contributed by atoms with E-state index in [-0.39, 0.29) is 49.5 Å². The molecule has 0 aliphatic carbocycles. The van der Waals surface area contributed by atoms with E-state index < -0.39 is 21.7 Å². The molecule has 0 bridgehead atoms. The van der Waals surface area contributed by atoms with E-state index in [4.69, 9.17) is 6.57 Å². The molecule has 0 radical (unpaired) electrons. The van der Waals surface area contributed by atoms with Gasteiger partial charge < -0.3 is 0 Å². The fraction of sp³-hybridized carbons (Fsp3) is 0.375. The lowest BCUT2D eigenvalue weighted by Gasteiger charge is -2.31. The Morgan fingerprint density at radius 2 is 1.45 bits per heavy atom. The maximum atomic E-state index is 13.7. The molecule has 0 unspecified atom stereocenters. The third-order valence-electron chi connectivity index (χ3n) is 7.98. The van der Waals surface area contributed by atoms with E-state index in [1.165, 1.54) is 61.6 Å². The predicted octanol–water partition coefficient (Wildman–Crippen LogP) is 7.59. The first-order chi connectivity index (χ1) is 19.4. The molecule has 8 heteroatoms. The summed E-state index contributed by atoms with van der Waals surface area (Å²) in [5.74, 6) is -1.06. The highest BCUT2D eigenvalue weighted by atomic mass is 32.2. The van der Waals surface area contributed by atoms with Crippen LogP contribution in [0, 0.1) is 17.9 Å². The van der Waals surface area contributed by atoms with E-state index in [9.17, 15) is 23.3 Å². The molecule has 2 heterocycles. The quantitative estimate of drug-likeness (QED) is 0.108. The number of imide groups is 1. The molecule has 0 N–H and O–H groups in total. The minimum atomic E-state index is -4.13. The van der Waals surface area contributed by atoms with Gasteiger partial charge in [-0.3, -0.25) is 14.5 Å². The van der Waals surface area contributed by atoms with Crippen LogP contribution >= 0.6 is 0 Å². The molecular weight excluding hydrogens is 522 g/mol. The standard InChI is InChI=1S/C32H31N3O4S/c1-3-4-5-6-7-8-9-10-11-14-17-35-31(36)23-18-21(20-33)27-22-15-12-13-16-26(22)40(38,39)30-25(34-2)19-24(32(35)37)28(23)29(27)30/h12-13,15-16,18-19H,3-11,14,17H2,1H3. The highest BCUT2D eigenvalue weighted by Gasteiger charge is 2.41. The number of carbonyl (C=O) groups excluding carboxylic acids is 2. The predicted molar refractivity (Wildman–Crippen MR) is 153 cm³/mol. The van der Waals surface area contributed by atoms with Crippen LogP contribution in [-0.4, -0.2) is 31.7 Å². The highest BCUT2D eigenvalue weighted by molar-refractivity contribution is 7.92. The van der Waals surface area contributed by atoms with Crippen LogP contribution in [0.5, 0.6) is 0 Å². The van der Waals surface area contributed by atoms with E-state index >= 15 is 0 Å². The number of sulfone groups is 1. The monoisotopic (exact) mass is 553 g/mol. The number of rotatable bonds is 11. The van der Waals surface area contributed by atoms with Gasteiger partial charge in [-0.2, -0.15) is 5.26 Å². The Morgan fingerprint density at radius 3 is 2.08 bits per heavy atom. The van der Waals surface area contributed by atoms with Crippen LogP contribution < -0.4 is 0 Å². The van der Waals surface area contributed by atoms with E-state index in [0.29, 0.717) is 17.5 Å². The Labute approximate surface area is 235 Å². The second-order valence-corrected chi connectivity index (χ2v) is 12.4. The molecule has 3 aromatic rings. The summed E-state index contributed by atoms with van der Waals surface area (Å²) in [6.07, 6.45) is 11.2. The van der Waals surface area contributed by atoms with Crippen molar-refractivity contribution in [2.75, 3.05) is 6.54 Å². The molecule has 0 fully saturated rings. The van der Waals surface area contributed by atoms with Gasteiger partial charge in [-0.25, -0.2) is 13.3 Å². The second-order valence-electron chi connectivity index (χ2n) is 10.5. The SMILES string of the molecule is [C-]#[N+]c1cc2c3c(cc(C#N)c4c3c1S(=O)(=O)c1ccccc1-4)C(=O)N(CCCCCCCCCCCC)C2=O. The molecule has 0 saturated carbocycles. The molecule has 0 atom stereocenters. The first kappa shape index (κ1) is 27.6. The fourth-order valence-electron chi connectivity index (χ4n) is 6.01. The van der Waals surface area contributed by atoms with Gasteiger partial charge in [0.25, 0.3) is 11.8 Å². The summed E-state index contributed by atoms with van der Waals surface area (Å²) < 4.78 is 27.5. The van der Waals surface area contributed by atoms with Gasteiger partial charge in [-0.05, 0) is 24.6 Å². The Morgan fingerprint density at radius 1 is 0.850 bits per heavy atom. The molecule has 0 spiro atoms. The maximum absolute atomic E-state index is 13.7.